The molecule has 1 N–H and O–H groups in total. The molecule has 0 aromatic heterocycles. The van der Waals surface area contributed by atoms with Crippen molar-refractivity contribution in [1.82, 2.24) is 5.32 Å². The summed E-state index contributed by atoms with van der Waals surface area (Å²) in [4.78, 5) is 11.9. The summed E-state index contributed by atoms with van der Waals surface area (Å²) in [5.41, 5.74) is 0.752. The van der Waals surface area contributed by atoms with Crippen molar-refractivity contribution in [3.63, 3.8) is 0 Å². The largest absolute Gasteiger partial charge is 0.306 e. The number of thioether (sulfide) groups is 1. The van der Waals surface area contributed by atoms with Gasteiger partial charge in [-0.3, -0.25) is 4.79 Å². The highest BCUT2D eigenvalue weighted by atomic mass is 32.2. The van der Waals surface area contributed by atoms with Crippen LogP contribution in [0, 0.1) is 5.82 Å². The summed E-state index contributed by atoms with van der Waals surface area (Å²) >= 11 is 1.79. The minimum absolute atomic E-state index is 0.0676. The molecule has 1 aliphatic rings. The van der Waals surface area contributed by atoms with E-state index in [1.807, 2.05) is 0 Å². The van der Waals surface area contributed by atoms with Crippen molar-refractivity contribution < 1.29 is 9.18 Å². The molecule has 0 aliphatic carbocycles. The molecule has 16 heavy (non-hydrogen) atoms. The van der Waals surface area contributed by atoms with Gasteiger partial charge in [-0.15, -0.1) is 0 Å². The molecule has 0 amide bonds. The fourth-order valence-electron chi connectivity index (χ4n) is 1.74. The zero-order valence-electron chi connectivity index (χ0n) is 8.91. The average Bonchev–Trinajstić information content (AvgIpc) is 2.30. The molecule has 0 saturated carbocycles. The second-order valence-electron chi connectivity index (χ2n) is 3.85. The smallest absolute Gasteiger partial charge is 0.154 e. The van der Waals surface area contributed by atoms with Crippen LogP contribution < -0.4 is 5.32 Å². The Kier molecular flexibility index (Phi) is 3.96. The third-order valence-corrected chi connectivity index (χ3v) is 3.64. The van der Waals surface area contributed by atoms with E-state index in [4.69, 9.17) is 0 Å². The van der Waals surface area contributed by atoms with Gasteiger partial charge in [-0.1, -0.05) is 12.1 Å². The first-order chi connectivity index (χ1) is 7.75. The molecule has 1 fully saturated rings. The molecule has 1 aromatic carbocycles. The molecule has 0 bridgehead atoms. The molecule has 86 valence electrons. The van der Waals surface area contributed by atoms with E-state index in [9.17, 15) is 9.18 Å². The van der Waals surface area contributed by atoms with Crippen molar-refractivity contribution in [2.24, 2.45) is 0 Å². The normalized spacial score (nSPS) is 20.7. The predicted molar refractivity (Wildman–Crippen MR) is 64.2 cm³/mol. The van der Waals surface area contributed by atoms with Gasteiger partial charge in [0.1, 0.15) is 5.82 Å². The van der Waals surface area contributed by atoms with Gasteiger partial charge in [0.2, 0.25) is 0 Å². The van der Waals surface area contributed by atoms with Crippen LogP contribution in [0.5, 0.6) is 0 Å². The monoisotopic (exact) mass is 239 g/mol. The number of halogens is 1. The van der Waals surface area contributed by atoms with Gasteiger partial charge in [-0.25, -0.2) is 4.39 Å². The van der Waals surface area contributed by atoms with Gasteiger partial charge in [0, 0.05) is 24.5 Å². The van der Waals surface area contributed by atoms with Gasteiger partial charge in [0.15, 0.2) is 5.78 Å². The molecule has 1 aliphatic heterocycles. The van der Waals surface area contributed by atoms with E-state index in [2.05, 4.69) is 5.32 Å². The number of nitrogens with one attached hydrogen (secondary N) is 1. The summed E-state index contributed by atoms with van der Waals surface area (Å²) in [5, 5.41) is 3.19. The molecule has 2 nitrogen and oxygen atoms in total. The number of carbonyl (C=O) groups excluding carboxylic acids is 1. The molecule has 1 saturated heterocycles. The topological polar surface area (TPSA) is 29.1 Å². The van der Waals surface area contributed by atoms with E-state index in [-0.39, 0.29) is 17.6 Å². The third kappa shape index (κ3) is 3.06. The Morgan fingerprint density at radius 2 is 2.44 bits per heavy atom. The van der Waals surface area contributed by atoms with Crippen molar-refractivity contribution in [1.29, 1.82) is 0 Å². The maximum absolute atomic E-state index is 12.9. The second kappa shape index (κ2) is 5.46. The molecule has 4 heteroatoms. The molecule has 1 heterocycles. The lowest BCUT2D eigenvalue weighted by Crippen LogP contribution is -2.44. The number of benzene rings is 1. The average molecular weight is 239 g/mol. The Hall–Kier alpha value is -0.870. The van der Waals surface area contributed by atoms with Gasteiger partial charge < -0.3 is 5.32 Å². The van der Waals surface area contributed by atoms with Crippen LogP contribution in [0.15, 0.2) is 24.3 Å². The van der Waals surface area contributed by atoms with Gasteiger partial charge >= 0.3 is 0 Å². The minimum Gasteiger partial charge on any atom is -0.306 e. The number of rotatable bonds is 3. The Labute approximate surface area is 98.6 Å². The number of hydrogen-bond donors (Lipinski definition) is 1. The summed E-state index contributed by atoms with van der Waals surface area (Å²) in [7, 11) is 0. The van der Waals surface area contributed by atoms with Crippen molar-refractivity contribution in [3.8, 4) is 0 Å². The number of Topliss-reactive ketones (excluding diaryl/α,β-unsaturated/α-hetero) is 1. The number of hydrogen-bond acceptors (Lipinski definition) is 3. The molecular formula is C12H14FNOS. The van der Waals surface area contributed by atoms with E-state index in [1.165, 1.54) is 12.1 Å². The highest BCUT2D eigenvalue weighted by Crippen LogP contribution is 2.11. The van der Waals surface area contributed by atoms with Gasteiger partial charge in [0.25, 0.3) is 0 Å². The van der Waals surface area contributed by atoms with Gasteiger partial charge in [-0.05, 0) is 17.7 Å². The quantitative estimate of drug-likeness (QED) is 0.869. The SMILES string of the molecule is O=C(Cc1cccc(F)c1)C1CSCCN1. The van der Waals surface area contributed by atoms with Crippen LogP contribution in [0.1, 0.15) is 5.56 Å². The molecule has 1 atom stereocenters. The van der Waals surface area contributed by atoms with E-state index in [0.717, 1.165) is 23.6 Å². The lowest BCUT2D eigenvalue weighted by Gasteiger charge is -2.21. The summed E-state index contributed by atoms with van der Waals surface area (Å²) in [6, 6.07) is 6.18. The number of carbonyl (C=O) groups is 1. The molecule has 1 unspecified atom stereocenters. The molecule has 0 spiro atoms. The van der Waals surface area contributed by atoms with E-state index in [0.29, 0.717) is 6.42 Å². The molecule has 1 aromatic rings. The van der Waals surface area contributed by atoms with Crippen LogP contribution in [-0.2, 0) is 11.2 Å². The Bertz CT molecular complexity index is 377. The first-order valence-electron chi connectivity index (χ1n) is 5.34. The van der Waals surface area contributed by atoms with Crippen LogP contribution in [0.4, 0.5) is 4.39 Å². The van der Waals surface area contributed by atoms with Crippen molar-refractivity contribution in [2.45, 2.75) is 12.5 Å². The standard InChI is InChI=1S/C12H14FNOS/c13-10-3-1-2-9(6-10)7-12(15)11-8-16-5-4-14-11/h1-3,6,11,14H,4-5,7-8H2. The van der Waals surface area contributed by atoms with Crippen LogP contribution >= 0.6 is 11.8 Å². The summed E-state index contributed by atoms with van der Waals surface area (Å²) < 4.78 is 12.9. The Morgan fingerprint density at radius 3 is 3.12 bits per heavy atom. The first-order valence-corrected chi connectivity index (χ1v) is 6.49. The summed E-state index contributed by atoms with van der Waals surface area (Å²) in [5.74, 6) is 1.76. The lowest BCUT2D eigenvalue weighted by atomic mass is 10.0. The molecule has 2 rings (SSSR count). The third-order valence-electron chi connectivity index (χ3n) is 2.58. The first kappa shape index (κ1) is 11.6. The maximum Gasteiger partial charge on any atom is 0.154 e. The van der Waals surface area contributed by atoms with E-state index < -0.39 is 0 Å². The molecule has 0 radical (unpaired) electrons. The Balaban J connectivity index is 1.96. The van der Waals surface area contributed by atoms with Gasteiger partial charge in [-0.2, -0.15) is 11.8 Å². The maximum atomic E-state index is 12.9. The van der Waals surface area contributed by atoms with Gasteiger partial charge in [0.05, 0.1) is 6.04 Å². The second-order valence-corrected chi connectivity index (χ2v) is 5.00. The minimum atomic E-state index is -0.281. The van der Waals surface area contributed by atoms with Crippen LogP contribution in [0.3, 0.4) is 0 Å². The fourth-order valence-corrected chi connectivity index (χ4v) is 2.71. The van der Waals surface area contributed by atoms with Crippen molar-refractivity contribution in [2.75, 3.05) is 18.1 Å². The van der Waals surface area contributed by atoms with Crippen molar-refractivity contribution in [3.05, 3.63) is 35.6 Å². The summed E-state index contributed by atoms with van der Waals surface area (Å²) in [6.07, 6.45) is 0.315. The van der Waals surface area contributed by atoms with Crippen LogP contribution in [0.2, 0.25) is 0 Å². The summed E-state index contributed by atoms with van der Waals surface area (Å²) in [6.45, 7) is 0.879. The molecular weight excluding hydrogens is 225 g/mol. The Morgan fingerprint density at radius 1 is 1.56 bits per heavy atom. The number of ketones is 1. The zero-order chi connectivity index (χ0) is 11.4. The van der Waals surface area contributed by atoms with E-state index in [1.54, 1.807) is 23.9 Å². The fraction of sp³-hybridized carbons (Fsp3) is 0.417. The highest BCUT2D eigenvalue weighted by Gasteiger charge is 2.20. The highest BCUT2D eigenvalue weighted by molar-refractivity contribution is 7.99. The lowest BCUT2D eigenvalue weighted by molar-refractivity contribution is -0.119. The zero-order valence-corrected chi connectivity index (χ0v) is 9.73. The van der Waals surface area contributed by atoms with Crippen LogP contribution in [0.25, 0.3) is 0 Å². The van der Waals surface area contributed by atoms with Crippen LogP contribution in [-0.4, -0.2) is 29.9 Å². The van der Waals surface area contributed by atoms with Crippen molar-refractivity contribution >= 4 is 17.5 Å². The predicted octanol–water partition coefficient (Wildman–Crippen LogP) is 1.64. The van der Waals surface area contributed by atoms with E-state index >= 15 is 0 Å².